The van der Waals surface area contributed by atoms with Crippen molar-refractivity contribution in [1.29, 1.82) is 0 Å². The maximum Gasteiger partial charge on any atom is 0.282 e. The summed E-state index contributed by atoms with van der Waals surface area (Å²) in [6.45, 7) is 5.98. The Morgan fingerprint density at radius 3 is 2.26 bits per heavy atom. The van der Waals surface area contributed by atoms with Crippen LogP contribution >= 0.6 is 0 Å². The van der Waals surface area contributed by atoms with E-state index in [0.29, 0.717) is 36.7 Å². The van der Waals surface area contributed by atoms with Crippen molar-refractivity contribution in [2.75, 3.05) is 18.1 Å². The number of benzene rings is 3. The molecule has 0 spiro atoms. The Labute approximate surface area is 200 Å². The minimum absolute atomic E-state index is 0.269. The summed E-state index contributed by atoms with van der Waals surface area (Å²) in [7, 11) is 0. The summed E-state index contributed by atoms with van der Waals surface area (Å²) in [5.41, 5.74) is 5.81. The fraction of sp³-hybridized carbons (Fsp3) is 0.241. The lowest BCUT2D eigenvalue weighted by molar-refractivity contribution is -0.120. The van der Waals surface area contributed by atoms with Gasteiger partial charge >= 0.3 is 0 Å². The lowest BCUT2D eigenvalue weighted by Crippen LogP contribution is -2.37. The maximum absolute atomic E-state index is 13.8. The number of hydrogen-bond donors (Lipinski definition) is 0. The molecule has 0 atom stereocenters. The van der Waals surface area contributed by atoms with Gasteiger partial charge in [-0.1, -0.05) is 61.0 Å². The van der Waals surface area contributed by atoms with Gasteiger partial charge < -0.3 is 9.64 Å². The first-order valence-corrected chi connectivity index (χ1v) is 11.8. The number of imide groups is 1. The zero-order chi connectivity index (χ0) is 23.7. The van der Waals surface area contributed by atoms with E-state index in [9.17, 15) is 9.59 Å². The predicted molar refractivity (Wildman–Crippen MR) is 133 cm³/mol. The van der Waals surface area contributed by atoms with Crippen molar-refractivity contribution < 1.29 is 14.3 Å². The third kappa shape index (κ3) is 3.98. The van der Waals surface area contributed by atoms with Gasteiger partial charge in [0.05, 0.1) is 17.9 Å². The standard InChI is InChI=1S/C29H28N2O3/c1-3-18-34-25-14-10-22(11-15-25)26-27(30-17-16-21-6-4-5-7-23(21)19-30)29(33)31(28(26)32)24-12-8-20(2)9-13-24/h4-15H,3,16-19H2,1-2H3. The van der Waals surface area contributed by atoms with Gasteiger partial charge in [0.1, 0.15) is 11.4 Å². The molecule has 2 aliphatic heterocycles. The summed E-state index contributed by atoms with van der Waals surface area (Å²) in [4.78, 5) is 30.9. The van der Waals surface area contributed by atoms with E-state index in [2.05, 4.69) is 24.0 Å². The van der Waals surface area contributed by atoms with Gasteiger partial charge in [-0.2, -0.15) is 0 Å². The molecule has 3 aromatic rings. The minimum Gasteiger partial charge on any atom is -0.494 e. The number of nitrogens with zero attached hydrogens (tertiary/aromatic N) is 2. The van der Waals surface area contributed by atoms with Crippen LogP contribution < -0.4 is 9.64 Å². The summed E-state index contributed by atoms with van der Waals surface area (Å²) in [5.74, 6) is 0.200. The molecule has 0 radical (unpaired) electrons. The monoisotopic (exact) mass is 452 g/mol. The number of fused-ring (bicyclic) bond motifs is 1. The molecule has 0 bridgehead atoms. The minimum atomic E-state index is -0.287. The van der Waals surface area contributed by atoms with Crippen LogP contribution in [0.25, 0.3) is 5.57 Å². The molecule has 5 rings (SSSR count). The van der Waals surface area contributed by atoms with E-state index >= 15 is 0 Å². The highest BCUT2D eigenvalue weighted by Crippen LogP contribution is 2.37. The highest BCUT2D eigenvalue weighted by Gasteiger charge is 2.43. The zero-order valence-electron chi connectivity index (χ0n) is 19.6. The molecule has 0 aliphatic carbocycles. The van der Waals surface area contributed by atoms with Gasteiger partial charge in [0.25, 0.3) is 11.8 Å². The molecule has 3 aromatic carbocycles. The number of rotatable bonds is 6. The van der Waals surface area contributed by atoms with E-state index < -0.39 is 0 Å². The van der Waals surface area contributed by atoms with Crippen LogP contribution in [0, 0.1) is 6.92 Å². The number of aryl methyl sites for hydroxylation is 1. The average molecular weight is 453 g/mol. The Bertz CT molecular complexity index is 1260. The highest BCUT2D eigenvalue weighted by molar-refractivity contribution is 6.45. The molecule has 172 valence electrons. The second-order valence-corrected chi connectivity index (χ2v) is 8.82. The van der Waals surface area contributed by atoms with E-state index in [1.54, 1.807) is 0 Å². The quantitative estimate of drug-likeness (QED) is 0.487. The van der Waals surface area contributed by atoms with E-state index in [1.165, 1.54) is 16.0 Å². The highest BCUT2D eigenvalue weighted by atomic mass is 16.5. The Balaban J connectivity index is 1.56. The van der Waals surface area contributed by atoms with Crippen molar-refractivity contribution in [2.24, 2.45) is 0 Å². The Kier molecular flexibility index (Phi) is 5.93. The SMILES string of the molecule is CCCOc1ccc(C2=C(N3CCc4ccccc4C3)C(=O)N(c3ccc(C)cc3)C2=O)cc1. The van der Waals surface area contributed by atoms with Crippen LogP contribution in [0.2, 0.25) is 0 Å². The number of carbonyl (C=O) groups excluding carboxylic acids is 2. The van der Waals surface area contributed by atoms with E-state index in [4.69, 9.17) is 4.74 Å². The number of amides is 2. The predicted octanol–water partition coefficient (Wildman–Crippen LogP) is 5.13. The summed E-state index contributed by atoms with van der Waals surface area (Å²) in [5, 5.41) is 0. The zero-order valence-corrected chi connectivity index (χ0v) is 19.6. The normalized spacial score (nSPS) is 15.7. The van der Waals surface area contributed by atoms with E-state index in [0.717, 1.165) is 29.7 Å². The summed E-state index contributed by atoms with van der Waals surface area (Å²) in [6.07, 6.45) is 1.76. The van der Waals surface area contributed by atoms with Crippen molar-refractivity contribution in [1.82, 2.24) is 4.90 Å². The summed E-state index contributed by atoms with van der Waals surface area (Å²) >= 11 is 0. The lowest BCUT2D eigenvalue weighted by atomic mass is 9.98. The lowest BCUT2D eigenvalue weighted by Gasteiger charge is -2.31. The van der Waals surface area contributed by atoms with Crippen LogP contribution in [0.4, 0.5) is 5.69 Å². The number of anilines is 1. The third-order valence-electron chi connectivity index (χ3n) is 6.41. The number of ether oxygens (including phenoxy) is 1. The first kappa shape index (κ1) is 22.0. The van der Waals surface area contributed by atoms with E-state index in [-0.39, 0.29) is 11.8 Å². The van der Waals surface area contributed by atoms with Gasteiger partial charge in [-0.3, -0.25) is 9.59 Å². The molecular weight excluding hydrogens is 424 g/mol. The van der Waals surface area contributed by atoms with Gasteiger partial charge in [0, 0.05) is 13.1 Å². The van der Waals surface area contributed by atoms with Crippen LogP contribution in [-0.4, -0.2) is 29.9 Å². The molecule has 2 amide bonds. The topological polar surface area (TPSA) is 49.9 Å². The van der Waals surface area contributed by atoms with Crippen molar-refractivity contribution in [3.63, 3.8) is 0 Å². The van der Waals surface area contributed by atoms with Crippen molar-refractivity contribution >= 4 is 23.1 Å². The Morgan fingerprint density at radius 2 is 1.56 bits per heavy atom. The number of carbonyl (C=O) groups is 2. The average Bonchev–Trinajstić information content (AvgIpc) is 3.13. The molecule has 0 saturated heterocycles. The first-order valence-electron chi connectivity index (χ1n) is 11.8. The van der Waals surface area contributed by atoms with Crippen LogP contribution in [0.5, 0.6) is 5.75 Å². The smallest absolute Gasteiger partial charge is 0.282 e. The molecule has 0 fully saturated rings. The molecule has 34 heavy (non-hydrogen) atoms. The summed E-state index contributed by atoms with van der Waals surface area (Å²) < 4.78 is 5.72. The van der Waals surface area contributed by atoms with Crippen LogP contribution in [-0.2, 0) is 22.6 Å². The largest absolute Gasteiger partial charge is 0.494 e. The molecule has 0 aromatic heterocycles. The molecule has 2 heterocycles. The van der Waals surface area contributed by atoms with Crippen molar-refractivity contribution in [2.45, 2.75) is 33.2 Å². The first-order chi connectivity index (χ1) is 16.6. The molecule has 0 saturated carbocycles. The molecular formula is C29H28N2O3. The van der Waals surface area contributed by atoms with E-state index in [1.807, 2.05) is 67.6 Å². The van der Waals surface area contributed by atoms with Crippen LogP contribution in [0.15, 0.2) is 78.5 Å². The van der Waals surface area contributed by atoms with Gasteiger partial charge in [-0.15, -0.1) is 0 Å². The van der Waals surface area contributed by atoms with Crippen molar-refractivity contribution in [3.8, 4) is 5.75 Å². The number of hydrogen-bond acceptors (Lipinski definition) is 4. The third-order valence-corrected chi connectivity index (χ3v) is 6.41. The summed E-state index contributed by atoms with van der Waals surface area (Å²) in [6, 6.07) is 23.3. The molecule has 2 aliphatic rings. The fourth-order valence-electron chi connectivity index (χ4n) is 4.62. The van der Waals surface area contributed by atoms with Gasteiger partial charge in [0.2, 0.25) is 0 Å². The molecule has 5 nitrogen and oxygen atoms in total. The van der Waals surface area contributed by atoms with Crippen LogP contribution in [0.1, 0.15) is 35.6 Å². The Morgan fingerprint density at radius 1 is 0.853 bits per heavy atom. The second kappa shape index (κ2) is 9.18. The van der Waals surface area contributed by atoms with Crippen molar-refractivity contribution in [3.05, 3.63) is 101 Å². The molecule has 0 unspecified atom stereocenters. The fourth-order valence-corrected chi connectivity index (χ4v) is 4.62. The Hall–Kier alpha value is -3.86. The van der Waals surface area contributed by atoms with Gasteiger partial charge in [-0.25, -0.2) is 4.90 Å². The second-order valence-electron chi connectivity index (χ2n) is 8.82. The molecule has 0 N–H and O–H groups in total. The maximum atomic E-state index is 13.8. The van der Waals surface area contributed by atoms with Gasteiger partial charge in [-0.05, 0) is 60.7 Å². The molecule has 5 heteroatoms. The van der Waals surface area contributed by atoms with Gasteiger partial charge in [0.15, 0.2) is 0 Å². The van der Waals surface area contributed by atoms with Crippen LogP contribution in [0.3, 0.4) is 0 Å².